The van der Waals surface area contributed by atoms with Gasteiger partial charge in [0.2, 0.25) is 0 Å². The van der Waals surface area contributed by atoms with Crippen molar-refractivity contribution in [2.75, 3.05) is 0 Å². The van der Waals surface area contributed by atoms with Crippen LogP contribution >= 0.6 is 8.46 Å². The molecule has 2 heteroatoms. The summed E-state index contributed by atoms with van der Waals surface area (Å²) >= 11 is 0. The second kappa shape index (κ2) is 2.42. The molecule has 1 saturated carbocycles. The SMILES string of the molecule is O=PC1CCCC1. The van der Waals surface area contributed by atoms with Crippen LogP contribution in [0.4, 0.5) is 0 Å². The van der Waals surface area contributed by atoms with E-state index in [1.54, 1.807) is 0 Å². The van der Waals surface area contributed by atoms with E-state index in [9.17, 15) is 4.57 Å². The molecule has 0 bridgehead atoms. The van der Waals surface area contributed by atoms with E-state index in [1.807, 2.05) is 0 Å². The zero-order valence-corrected chi connectivity index (χ0v) is 5.16. The van der Waals surface area contributed by atoms with Crippen LogP contribution in [0.25, 0.3) is 0 Å². The summed E-state index contributed by atoms with van der Waals surface area (Å²) in [4.78, 5) is 0. The lowest BCUT2D eigenvalue weighted by atomic mass is 10.4. The molecule has 7 heavy (non-hydrogen) atoms. The average Bonchev–Trinajstić information content (AvgIpc) is 2.14. The van der Waals surface area contributed by atoms with Gasteiger partial charge in [-0.05, 0) is 12.8 Å². The lowest BCUT2D eigenvalue weighted by molar-refractivity contribution is 0.590. The van der Waals surface area contributed by atoms with Gasteiger partial charge in [0.05, 0.1) is 0 Å². The van der Waals surface area contributed by atoms with Gasteiger partial charge in [0.25, 0.3) is 0 Å². The fourth-order valence-electron chi connectivity index (χ4n) is 1.01. The van der Waals surface area contributed by atoms with Gasteiger partial charge in [-0.1, -0.05) is 12.8 Å². The summed E-state index contributed by atoms with van der Waals surface area (Å²) in [7, 11) is 0.372. The Hall–Kier alpha value is 0.100. The van der Waals surface area contributed by atoms with E-state index in [-0.39, 0.29) is 0 Å². The monoisotopic (exact) mass is 116 g/mol. The molecule has 1 rings (SSSR count). The van der Waals surface area contributed by atoms with Crippen molar-refractivity contribution in [3.05, 3.63) is 0 Å². The molecule has 0 aromatic rings. The Balaban J connectivity index is 2.26. The number of rotatable bonds is 1. The molecule has 1 aliphatic rings. The van der Waals surface area contributed by atoms with E-state index in [0.717, 1.165) is 0 Å². The molecule has 0 saturated heterocycles. The zero-order valence-electron chi connectivity index (χ0n) is 4.26. The Labute approximate surface area is 45.3 Å². The van der Waals surface area contributed by atoms with E-state index in [1.165, 1.54) is 25.7 Å². The molecule has 0 aliphatic heterocycles. The summed E-state index contributed by atoms with van der Waals surface area (Å²) in [5.41, 5.74) is 0.514. The second-order valence-electron chi connectivity index (χ2n) is 2.04. The van der Waals surface area contributed by atoms with Crippen molar-refractivity contribution >= 4 is 8.46 Å². The molecule has 0 radical (unpaired) electrons. The molecule has 0 heterocycles. The lowest BCUT2D eigenvalue weighted by Crippen LogP contribution is -1.84. The van der Waals surface area contributed by atoms with Crippen LogP contribution in [0.1, 0.15) is 25.7 Å². The van der Waals surface area contributed by atoms with Gasteiger partial charge in [-0.3, -0.25) is 4.57 Å². The van der Waals surface area contributed by atoms with Crippen molar-refractivity contribution in [1.82, 2.24) is 0 Å². The van der Waals surface area contributed by atoms with Crippen LogP contribution in [-0.4, -0.2) is 5.66 Å². The third kappa shape index (κ3) is 1.24. The molecule has 0 aromatic heterocycles. The van der Waals surface area contributed by atoms with Gasteiger partial charge in [0.1, 0.15) is 0 Å². The Bertz CT molecular complexity index is 66.5. The molecule has 40 valence electrons. The van der Waals surface area contributed by atoms with Crippen molar-refractivity contribution < 1.29 is 4.57 Å². The number of hydrogen-bond donors (Lipinski definition) is 0. The van der Waals surface area contributed by atoms with E-state index in [4.69, 9.17) is 0 Å². The van der Waals surface area contributed by atoms with E-state index < -0.39 is 0 Å². The molecule has 0 atom stereocenters. The smallest absolute Gasteiger partial charge is 0.158 e. The van der Waals surface area contributed by atoms with E-state index in [2.05, 4.69) is 0 Å². The quantitative estimate of drug-likeness (QED) is 0.480. The lowest BCUT2D eigenvalue weighted by Gasteiger charge is -1.88. The molecule has 0 spiro atoms. The first-order valence-corrected chi connectivity index (χ1v) is 3.64. The molecular formula is C5H9OP. The van der Waals surface area contributed by atoms with Crippen LogP contribution in [0.5, 0.6) is 0 Å². The summed E-state index contributed by atoms with van der Waals surface area (Å²) < 4.78 is 10.1. The maximum Gasteiger partial charge on any atom is 0.158 e. The predicted molar refractivity (Wildman–Crippen MR) is 29.9 cm³/mol. The van der Waals surface area contributed by atoms with Gasteiger partial charge in [-0.2, -0.15) is 0 Å². The molecule has 1 nitrogen and oxygen atoms in total. The zero-order chi connectivity index (χ0) is 5.11. The van der Waals surface area contributed by atoms with E-state index in [0.29, 0.717) is 14.1 Å². The third-order valence-electron chi connectivity index (χ3n) is 1.47. The molecule has 0 unspecified atom stereocenters. The van der Waals surface area contributed by atoms with Crippen LogP contribution in [0.15, 0.2) is 0 Å². The first kappa shape index (κ1) is 5.24. The van der Waals surface area contributed by atoms with Crippen molar-refractivity contribution in [2.45, 2.75) is 31.3 Å². The summed E-state index contributed by atoms with van der Waals surface area (Å²) in [6.07, 6.45) is 4.95. The normalized spacial score (nSPS) is 24.0. The molecule has 1 fully saturated rings. The molecule has 0 N–H and O–H groups in total. The first-order chi connectivity index (χ1) is 3.43. The van der Waals surface area contributed by atoms with Gasteiger partial charge < -0.3 is 0 Å². The molecule has 0 aromatic carbocycles. The van der Waals surface area contributed by atoms with Crippen LogP contribution in [0.3, 0.4) is 0 Å². The highest BCUT2D eigenvalue weighted by atomic mass is 31.1. The highest BCUT2D eigenvalue weighted by Gasteiger charge is 2.13. The van der Waals surface area contributed by atoms with Gasteiger partial charge in [-0.25, -0.2) is 0 Å². The molecule has 0 amide bonds. The van der Waals surface area contributed by atoms with Crippen LogP contribution < -0.4 is 0 Å². The largest absolute Gasteiger partial charge is 0.275 e. The Kier molecular flexibility index (Phi) is 1.81. The molecule has 1 aliphatic carbocycles. The van der Waals surface area contributed by atoms with Crippen molar-refractivity contribution in [3.63, 3.8) is 0 Å². The highest BCUT2D eigenvalue weighted by molar-refractivity contribution is 7.24. The number of hydrogen-bond acceptors (Lipinski definition) is 1. The summed E-state index contributed by atoms with van der Waals surface area (Å²) in [6.45, 7) is 0. The standard InChI is InChI=1S/C5H9OP/c6-7-5-3-1-2-4-5/h5H,1-4H2. The van der Waals surface area contributed by atoms with Gasteiger partial charge >= 0.3 is 0 Å². The van der Waals surface area contributed by atoms with Crippen LogP contribution in [0.2, 0.25) is 0 Å². The first-order valence-electron chi connectivity index (χ1n) is 2.76. The average molecular weight is 116 g/mol. The van der Waals surface area contributed by atoms with Gasteiger partial charge in [0, 0.05) is 5.66 Å². The second-order valence-corrected chi connectivity index (χ2v) is 2.98. The van der Waals surface area contributed by atoms with Gasteiger partial charge in [-0.15, -0.1) is 0 Å². The summed E-state index contributed by atoms with van der Waals surface area (Å²) in [5.74, 6) is 0. The summed E-state index contributed by atoms with van der Waals surface area (Å²) in [6, 6.07) is 0. The fraction of sp³-hybridized carbons (Fsp3) is 1.00. The van der Waals surface area contributed by atoms with Crippen molar-refractivity contribution in [3.8, 4) is 0 Å². The Morgan fingerprint density at radius 1 is 1.29 bits per heavy atom. The van der Waals surface area contributed by atoms with Crippen LogP contribution in [0, 0.1) is 0 Å². The maximum atomic E-state index is 10.1. The third-order valence-corrected chi connectivity index (χ3v) is 2.29. The maximum absolute atomic E-state index is 10.1. The van der Waals surface area contributed by atoms with E-state index >= 15 is 0 Å². The highest BCUT2D eigenvalue weighted by Crippen LogP contribution is 2.27. The van der Waals surface area contributed by atoms with Crippen LogP contribution in [-0.2, 0) is 4.57 Å². The van der Waals surface area contributed by atoms with Gasteiger partial charge in [0.15, 0.2) is 8.46 Å². The minimum absolute atomic E-state index is 0.372. The predicted octanol–water partition coefficient (Wildman–Crippen LogP) is 2.22. The summed E-state index contributed by atoms with van der Waals surface area (Å²) in [5, 5.41) is 0. The minimum Gasteiger partial charge on any atom is -0.275 e. The topological polar surface area (TPSA) is 17.1 Å². The van der Waals surface area contributed by atoms with Crippen molar-refractivity contribution in [1.29, 1.82) is 0 Å². The Morgan fingerprint density at radius 2 is 1.86 bits per heavy atom. The minimum atomic E-state index is 0.372. The Morgan fingerprint density at radius 3 is 2.14 bits per heavy atom. The fourth-order valence-corrected chi connectivity index (χ4v) is 1.59. The molecular weight excluding hydrogens is 107 g/mol. The van der Waals surface area contributed by atoms with Crippen molar-refractivity contribution in [2.24, 2.45) is 0 Å².